The third-order valence-electron chi connectivity index (χ3n) is 5.44. The molecule has 2 atom stereocenters. The first-order chi connectivity index (χ1) is 12.8. The second-order valence-electron chi connectivity index (χ2n) is 7.06. The molecule has 140 valence electrons. The van der Waals surface area contributed by atoms with Gasteiger partial charge in [-0.3, -0.25) is 9.69 Å². The average molecular weight is 375 g/mol. The highest BCUT2D eigenvalue weighted by Gasteiger charge is 2.41. The van der Waals surface area contributed by atoms with Crippen molar-refractivity contribution in [3.63, 3.8) is 0 Å². The van der Waals surface area contributed by atoms with Crippen LogP contribution in [0.15, 0.2) is 35.5 Å². The lowest BCUT2D eigenvalue weighted by atomic mass is 9.95. The number of hydrogen-bond donors (Lipinski definition) is 1. The van der Waals surface area contributed by atoms with Crippen LogP contribution in [0, 0.1) is 0 Å². The molecule has 3 aliphatic heterocycles. The Morgan fingerprint density at radius 2 is 2.12 bits per heavy atom. The maximum absolute atomic E-state index is 12.6. The van der Waals surface area contributed by atoms with Crippen LogP contribution in [0.5, 0.6) is 0 Å². The van der Waals surface area contributed by atoms with E-state index in [1.165, 1.54) is 0 Å². The number of carbonyl (C=O) groups is 1. The largest absolute Gasteiger partial charge is 0.387 e. The normalized spacial score (nSPS) is 29.2. The smallest absolute Gasteiger partial charge is 0.269 e. The van der Waals surface area contributed by atoms with Crippen molar-refractivity contribution in [1.82, 2.24) is 10.2 Å². The highest BCUT2D eigenvalue weighted by Crippen LogP contribution is 2.34. The molecule has 0 spiro atoms. The van der Waals surface area contributed by atoms with Gasteiger partial charge in [0.1, 0.15) is 5.71 Å². The number of rotatable bonds is 5. The van der Waals surface area contributed by atoms with E-state index < -0.39 is 0 Å². The molecular formula is C19H25N3O3S. The van der Waals surface area contributed by atoms with Crippen molar-refractivity contribution < 1.29 is 14.4 Å². The zero-order chi connectivity index (χ0) is 17.8. The Morgan fingerprint density at radius 3 is 2.85 bits per heavy atom. The molecule has 1 N–H and O–H groups in total. The molecule has 2 unspecified atom stereocenters. The molecule has 1 amide bonds. The van der Waals surface area contributed by atoms with E-state index in [9.17, 15) is 4.79 Å². The lowest BCUT2D eigenvalue weighted by Gasteiger charge is -2.43. The van der Waals surface area contributed by atoms with Gasteiger partial charge in [-0.15, -0.1) is 0 Å². The number of carbonyl (C=O) groups excluding carboxylic acids is 1. The van der Waals surface area contributed by atoms with Crippen molar-refractivity contribution >= 4 is 23.4 Å². The van der Waals surface area contributed by atoms with Crippen molar-refractivity contribution in [2.45, 2.75) is 24.5 Å². The van der Waals surface area contributed by atoms with Crippen LogP contribution in [0.25, 0.3) is 0 Å². The van der Waals surface area contributed by atoms with Gasteiger partial charge in [-0.2, -0.15) is 11.8 Å². The van der Waals surface area contributed by atoms with Gasteiger partial charge in [0.25, 0.3) is 5.91 Å². The van der Waals surface area contributed by atoms with Gasteiger partial charge in [-0.05, 0) is 17.7 Å². The monoisotopic (exact) mass is 375 g/mol. The van der Waals surface area contributed by atoms with E-state index >= 15 is 0 Å². The van der Waals surface area contributed by atoms with Gasteiger partial charge in [0.2, 0.25) is 0 Å². The highest BCUT2D eigenvalue weighted by atomic mass is 32.2. The predicted molar refractivity (Wildman–Crippen MR) is 102 cm³/mol. The van der Waals surface area contributed by atoms with Gasteiger partial charge in [0.15, 0.2) is 6.10 Å². The highest BCUT2D eigenvalue weighted by molar-refractivity contribution is 7.99. The molecule has 0 aromatic heterocycles. The number of nitrogens with zero attached hydrogens (tertiary/aromatic N) is 2. The standard InChI is InChI=1S/C19H25N3O3S/c23-18(16-12-17(25-21-16)15-4-2-1-3-5-15)20-13-19(6-11-26-14-19)22-7-9-24-10-8-22/h1-5,17H,6-14H2,(H,20,23). The van der Waals surface area contributed by atoms with Gasteiger partial charge in [0, 0.05) is 37.3 Å². The quantitative estimate of drug-likeness (QED) is 0.851. The Balaban J connectivity index is 1.34. The molecule has 4 rings (SSSR count). The molecule has 3 heterocycles. The maximum Gasteiger partial charge on any atom is 0.269 e. The third-order valence-corrected chi connectivity index (χ3v) is 6.68. The summed E-state index contributed by atoms with van der Waals surface area (Å²) in [5.74, 6) is 2.10. The Labute approximate surface area is 158 Å². The lowest BCUT2D eigenvalue weighted by molar-refractivity contribution is -0.115. The number of morpholine rings is 1. The van der Waals surface area contributed by atoms with E-state index in [0.29, 0.717) is 18.7 Å². The van der Waals surface area contributed by atoms with Crippen molar-refractivity contribution in [2.24, 2.45) is 5.16 Å². The molecule has 0 bridgehead atoms. The summed E-state index contributed by atoms with van der Waals surface area (Å²) < 4.78 is 5.49. The number of thioether (sulfide) groups is 1. The van der Waals surface area contributed by atoms with Crippen LogP contribution >= 0.6 is 11.8 Å². The molecule has 0 aliphatic carbocycles. The van der Waals surface area contributed by atoms with Crippen LogP contribution in [0.2, 0.25) is 0 Å². The molecule has 6 nitrogen and oxygen atoms in total. The zero-order valence-corrected chi connectivity index (χ0v) is 15.7. The van der Waals surface area contributed by atoms with Crippen LogP contribution in [0.1, 0.15) is 24.5 Å². The van der Waals surface area contributed by atoms with Crippen molar-refractivity contribution in [2.75, 3.05) is 44.4 Å². The van der Waals surface area contributed by atoms with E-state index in [0.717, 1.165) is 49.8 Å². The fourth-order valence-electron chi connectivity index (χ4n) is 3.84. The van der Waals surface area contributed by atoms with Gasteiger partial charge < -0.3 is 14.9 Å². The second kappa shape index (κ2) is 7.98. The summed E-state index contributed by atoms with van der Waals surface area (Å²) in [6, 6.07) is 9.92. The number of benzene rings is 1. The lowest BCUT2D eigenvalue weighted by Crippen LogP contribution is -2.59. The molecule has 2 saturated heterocycles. The number of ether oxygens (including phenoxy) is 1. The summed E-state index contributed by atoms with van der Waals surface area (Å²) in [5.41, 5.74) is 1.58. The van der Waals surface area contributed by atoms with Crippen LogP contribution in [0.4, 0.5) is 0 Å². The van der Waals surface area contributed by atoms with E-state index in [4.69, 9.17) is 9.57 Å². The van der Waals surface area contributed by atoms with Crippen molar-refractivity contribution in [3.05, 3.63) is 35.9 Å². The summed E-state index contributed by atoms with van der Waals surface area (Å²) in [5, 5.41) is 7.17. The Bertz CT molecular complexity index is 655. The summed E-state index contributed by atoms with van der Waals surface area (Å²) in [7, 11) is 0. The number of amides is 1. The number of nitrogens with one attached hydrogen (secondary N) is 1. The first kappa shape index (κ1) is 17.8. The van der Waals surface area contributed by atoms with Gasteiger partial charge in [-0.1, -0.05) is 35.5 Å². The number of hydrogen-bond acceptors (Lipinski definition) is 6. The Hall–Kier alpha value is -1.57. The minimum absolute atomic E-state index is 0.0446. The average Bonchev–Trinajstić information content (AvgIpc) is 3.38. The molecule has 3 aliphatic rings. The first-order valence-corrected chi connectivity index (χ1v) is 10.4. The van der Waals surface area contributed by atoms with Crippen LogP contribution < -0.4 is 5.32 Å². The summed E-state index contributed by atoms with van der Waals surface area (Å²) in [4.78, 5) is 20.6. The molecule has 1 aromatic carbocycles. The molecule has 2 fully saturated rings. The molecular weight excluding hydrogens is 350 g/mol. The minimum Gasteiger partial charge on any atom is -0.387 e. The van der Waals surface area contributed by atoms with Crippen LogP contribution in [-0.4, -0.2) is 66.4 Å². The zero-order valence-electron chi connectivity index (χ0n) is 14.9. The van der Waals surface area contributed by atoms with Crippen LogP contribution in [-0.2, 0) is 14.4 Å². The fraction of sp³-hybridized carbons (Fsp3) is 0.579. The Kier molecular flexibility index (Phi) is 5.47. The Morgan fingerprint density at radius 1 is 1.31 bits per heavy atom. The fourth-order valence-corrected chi connectivity index (χ4v) is 5.32. The first-order valence-electron chi connectivity index (χ1n) is 9.23. The van der Waals surface area contributed by atoms with Crippen molar-refractivity contribution in [1.29, 1.82) is 0 Å². The summed E-state index contributed by atoms with van der Waals surface area (Å²) in [6.07, 6.45) is 1.47. The second-order valence-corrected chi connectivity index (χ2v) is 8.16. The summed E-state index contributed by atoms with van der Waals surface area (Å²) >= 11 is 1.97. The van der Waals surface area contributed by atoms with Gasteiger partial charge in [0.05, 0.1) is 13.2 Å². The van der Waals surface area contributed by atoms with E-state index in [1.807, 2.05) is 42.1 Å². The van der Waals surface area contributed by atoms with Crippen LogP contribution in [0.3, 0.4) is 0 Å². The van der Waals surface area contributed by atoms with Crippen molar-refractivity contribution in [3.8, 4) is 0 Å². The number of oxime groups is 1. The van der Waals surface area contributed by atoms with E-state index in [1.54, 1.807) is 0 Å². The summed E-state index contributed by atoms with van der Waals surface area (Å²) in [6.45, 7) is 4.10. The van der Waals surface area contributed by atoms with E-state index in [-0.39, 0.29) is 17.6 Å². The molecule has 0 radical (unpaired) electrons. The topological polar surface area (TPSA) is 63.2 Å². The molecule has 0 saturated carbocycles. The van der Waals surface area contributed by atoms with Gasteiger partial charge >= 0.3 is 0 Å². The maximum atomic E-state index is 12.6. The molecule has 1 aromatic rings. The predicted octanol–water partition coefficient (Wildman–Crippen LogP) is 1.83. The van der Waals surface area contributed by atoms with Gasteiger partial charge in [-0.25, -0.2) is 0 Å². The SMILES string of the molecule is O=C(NCC1(N2CCOCC2)CCSC1)C1=NOC(c2ccccc2)C1. The van der Waals surface area contributed by atoms with E-state index in [2.05, 4.69) is 15.4 Å². The molecule has 7 heteroatoms. The third kappa shape index (κ3) is 3.75. The minimum atomic E-state index is -0.160. The molecule has 26 heavy (non-hydrogen) atoms.